The number of ether oxygens (including phenoxy) is 2. The second kappa shape index (κ2) is 10.7. The van der Waals surface area contributed by atoms with Gasteiger partial charge in [-0.05, 0) is 56.5 Å². The van der Waals surface area contributed by atoms with Gasteiger partial charge in [0.2, 0.25) is 0 Å². The second-order valence-electron chi connectivity index (χ2n) is 7.14. The number of carbonyl (C=O) groups is 1. The first-order valence-electron chi connectivity index (χ1n) is 10.3. The van der Waals surface area contributed by atoms with Gasteiger partial charge in [-0.25, -0.2) is 10.2 Å². The number of fused-ring (bicyclic) bond motifs is 1. The Morgan fingerprint density at radius 1 is 0.970 bits per heavy atom. The zero-order valence-corrected chi connectivity index (χ0v) is 19.5. The molecule has 166 valence electrons. The number of nitrogens with zero attached hydrogens (tertiary/aromatic N) is 1. The molecule has 33 heavy (non-hydrogen) atoms. The van der Waals surface area contributed by atoms with Crippen LogP contribution < -0.4 is 20.2 Å². The molecule has 2 N–H and O–H groups in total. The third-order valence-electron chi connectivity index (χ3n) is 4.95. The summed E-state index contributed by atoms with van der Waals surface area (Å²) in [7, 11) is 1.58. The Bertz CT molecular complexity index is 1290. The van der Waals surface area contributed by atoms with Crippen LogP contribution in [-0.4, -0.2) is 19.4 Å². The zero-order chi connectivity index (χ0) is 23.0. The maximum atomic E-state index is 12.0. The largest absolute Gasteiger partial charge is 0.493 e. The van der Waals surface area contributed by atoms with Gasteiger partial charge >= 0.3 is 6.03 Å². The monoisotopic (exact) mass is 503 g/mol. The van der Waals surface area contributed by atoms with Crippen LogP contribution in [0.25, 0.3) is 10.8 Å². The SMILES string of the molecule is COc1cc(/C=N/NC(=O)Nc2ccccc2)c(Br)cc1OCc1cccc2ccccc12. The van der Waals surface area contributed by atoms with Crippen molar-refractivity contribution in [1.82, 2.24) is 5.43 Å². The number of anilines is 1. The molecule has 0 saturated heterocycles. The number of methoxy groups -OCH3 is 1. The molecule has 4 rings (SSSR count). The third-order valence-corrected chi connectivity index (χ3v) is 5.63. The van der Waals surface area contributed by atoms with Gasteiger partial charge in [0.05, 0.1) is 13.3 Å². The number of hydrazone groups is 1. The highest BCUT2D eigenvalue weighted by Gasteiger charge is 2.11. The number of carbonyl (C=O) groups excluding carboxylic acids is 1. The molecule has 0 saturated carbocycles. The first-order valence-corrected chi connectivity index (χ1v) is 11.1. The van der Waals surface area contributed by atoms with Gasteiger partial charge in [0, 0.05) is 15.7 Å². The van der Waals surface area contributed by atoms with Crippen LogP contribution in [0.15, 0.2) is 94.5 Å². The Hall–Kier alpha value is -3.84. The van der Waals surface area contributed by atoms with Crippen molar-refractivity contribution in [2.45, 2.75) is 6.61 Å². The quantitative estimate of drug-likeness (QED) is 0.228. The smallest absolute Gasteiger partial charge is 0.339 e. The van der Waals surface area contributed by atoms with E-state index in [1.807, 2.05) is 42.5 Å². The molecule has 0 aromatic heterocycles. The minimum atomic E-state index is -0.435. The van der Waals surface area contributed by atoms with Gasteiger partial charge in [-0.15, -0.1) is 0 Å². The highest BCUT2D eigenvalue weighted by Crippen LogP contribution is 2.34. The molecule has 4 aromatic carbocycles. The Labute approximate surface area is 200 Å². The molecule has 0 aliphatic carbocycles. The van der Waals surface area contributed by atoms with Crippen LogP contribution in [0.4, 0.5) is 10.5 Å². The van der Waals surface area contributed by atoms with E-state index in [0.29, 0.717) is 23.8 Å². The molecule has 0 aliphatic rings. The molecule has 0 aliphatic heterocycles. The predicted octanol–water partition coefficient (Wildman–Crippen LogP) is 6.35. The second-order valence-corrected chi connectivity index (χ2v) is 8.00. The van der Waals surface area contributed by atoms with Crippen molar-refractivity contribution in [2.75, 3.05) is 12.4 Å². The number of halogens is 1. The van der Waals surface area contributed by atoms with Crippen molar-refractivity contribution in [1.29, 1.82) is 0 Å². The van der Waals surface area contributed by atoms with Crippen molar-refractivity contribution >= 4 is 44.6 Å². The fourth-order valence-corrected chi connectivity index (χ4v) is 3.76. The predicted molar refractivity (Wildman–Crippen MR) is 135 cm³/mol. The number of para-hydroxylation sites is 1. The number of urea groups is 1. The van der Waals surface area contributed by atoms with Crippen molar-refractivity contribution in [3.05, 3.63) is 101 Å². The lowest BCUT2D eigenvalue weighted by molar-refractivity contribution is 0.252. The van der Waals surface area contributed by atoms with Crippen molar-refractivity contribution < 1.29 is 14.3 Å². The molecular weight excluding hydrogens is 482 g/mol. The van der Waals surface area contributed by atoms with Crippen LogP contribution in [0.2, 0.25) is 0 Å². The van der Waals surface area contributed by atoms with Crippen LogP contribution >= 0.6 is 15.9 Å². The van der Waals surface area contributed by atoms with E-state index in [0.717, 1.165) is 21.0 Å². The Morgan fingerprint density at radius 2 is 1.73 bits per heavy atom. The molecule has 0 radical (unpaired) electrons. The number of amides is 2. The summed E-state index contributed by atoms with van der Waals surface area (Å²) in [4.78, 5) is 12.0. The summed E-state index contributed by atoms with van der Waals surface area (Å²) in [6, 6.07) is 26.7. The lowest BCUT2D eigenvalue weighted by Gasteiger charge is -2.14. The Kier molecular flexibility index (Phi) is 7.22. The fourth-order valence-electron chi connectivity index (χ4n) is 3.34. The number of rotatable bonds is 7. The van der Waals surface area contributed by atoms with Crippen LogP contribution in [0, 0.1) is 0 Å². The molecule has 0 bridgehead atoms. The van der Waals surface area contributed by atoms with Gasteiger partial charge in [-0.2, -0.15) is 5.10 Å². The standard InChI is InChI=1S/C26H22BrN3O3/c1-32-24-14-20(16-28-30-26(31)29-21-11-3-2-4-12-21)23(27)15-25(24)33-17-19-10-7-9-18-8-5-6-13-22(18)19/h2-16H,17H2,1H3,(H2,29,30,31)/b28-16+. The summed E-state index contributed by atoms with van der Waals surface area (Å²) >= 11 is 3.54. The van der Waals surface area contributed by atoms with Crippen LogP contribution in [0.5, 0.6) is 11.5 Å². The highest BCUT2D eigenvalue weighted by atomic mass is 79.9. The maximum Gasteiger partial charge on any atom is 0.339 e. The maximum absolute atomic E-state index is 12.0. The van der Waals surface area contributed by atoms with E-state index in [1.54, 1.807) is 25.3 Å². The average Bonchev–Trinajstić information content (AvgIpc) is 2.84. The average molecular weight is 504 g/mol. The summed E-state index contributed by atoms with van der Waals surface area (Å²) in [5.74, 6) is 1.16. The van der Waals surface area contributed by atoms with E-state index in [1.165, 1.54) is 11.6 Å². The lowest BCUT2D eigenvalue weighted by atomic mass is 10.1. The van der Waals surface area contributed by atoms with Crippen LogP contribution in [0.3, 0.4) is 0 Å². The molecule has 0 unspecified atom stereocenters. The van der Waals surface area contributed by atoms with E-state index in [2.05, 4.69) is 56.0 Å². The normalized spacial score (nSPS) is 10.8. The number of nitrogens with one attached hydrogen (secondary N) is 2. The Balaban J connectivity index is 1.44. The lowest BCUT2D eigenvalue weighted by Crippen LogP contribution is -2.24. The number of hydrogen-bond donors (Lipinski definition) is 2. The van der Waals surface area contributed by atoms with Gasteiger partial charge in [0.1, 0.15) is 6.61 Å². The van der Waals surface area contributed by atoms with E-state index >= 15 is 0 Å². The number of hydrogen-bond acceptors (Lipinski definition) is 4. The first-order chi connectivity index (χ1) is 16.1. The van der Waals surface area contributed by atoms with E-state index in [4.69, 9.17) is 9.47 Å². The van der Waals surface area contributed by atoms with Gasteiger partial charge in [-0.3, -0.25) is 0 Å². The van der Waals surface area contributed by atoms with Gasteiger partial charge in [0.25, 0.3) is 0 Å². The topological polar surface area (TPSA) is 72.0 Å². The van der Waals surface area contributed by atoms with Gasteiger partial charge < -0.3 is 14.8 Å². The first kappa shape index (κ1) is 22.4. The summed E-state index contributed by atoms with van der Waals surface area (Å²) in [6.45, 7) is 0.402. The molecule has 4 aromatic rings. The van der Waals surface area contributed by atoms with Crippen LogP contribution in [-0.2, 0) is 6.61 Å². The van der Waals surface area contributed by atoms with Gasteiger partial charge in [-0.1, -0.05) is 60.7 Å². The number of benzene rings is 4. The third kappa shape index (κ3) is 5.70. The summed E-state index contributed by atoms with van der Waals surface area (Å²) in [5, 5.41) is 9.04. The van der Waals surface area contributed by atoms with Gasteiger partial charge in [0.15, 0.2) is 11.5 Å². The molecule has 0 atom stereocenters. The van der Waals surface area contributed by atoms with Crippen molar-refractivity contribution in [3.63, 3.8) is 0 Å². The summed E-state index contributed by atoms with van der Waals surface area (Å²) < 4.78 is 12.4. The Morgan fingerprint density at radius 3 is 2.55 bits per heavy atom. The molecular formula is C26H22BrN3O3. The fraction of sp³-hybridized carbons (Fsp3) is 0.0769. The molecule has 7 heteroatoms. The molecule has 6 nitrogen and oxygen atoms in total. The molecule has 0 heterocycles. The minimum Gasteiger partial charge on any atom is -0.493 e. The van der Waals surface area contributed by atoms with Crippen LogP contribution in [0.1, 0.15) is 11.1 Å². The van der Waals surface area contributed by atoms with Crippen molar-refractivity contribution in [3.8, 4) is 11.5 Å². The highest BCUT2D eigenvalue weighted by molar-refractivity contribution is 9.10. The molecule has 0 spiro atoms. The summed E-state index contributed by atoms with van der Waals surface area (Å²) in [5.41, 5.74) is 4.95. The van der Waals surface area contributed by atoms with E-state index < -0.39 is 6.03 Å². The van der Waals surface area contributed by atoms with Crippen molar-refractivity contribution in [2.24, 2.45) is 5.10 Å². The molecule has 2 amide bonds. The molecule has 0 fully saturated rings. The van der Waals surface area contributed by atoms with E-state index in [-0.39, 0.29) is 0 Å². The minimum absolute atomic E-state index is 0.402. The summed E-state index contributed by atoms with van der Waals surface area (Å²) in [6.07, 6.45) is 1.53. The van der Waals surface area contributed by atoms with E-state index in [9.17, 15) is 4.79 Å². The zero-order valence-electron chi connectivity index (χ0n) is 17.9.